The van der Waals surface area contributed by atoms with Gasteiger partial charge in [0.2, 0.25) is 5.13 Å². The fourth-order valence-corrected chi connectivity index (χ4v) is 3.46. The molecule has 6 nitrogen and oxygen atoms in total. The number of aromatic nitrogens is 2. The van der Waals surface area contributed by atoms with E-state index in [1.165, 1.54) is 23.1 Å². The molecule has 0 atom stereocenters. The van der Waals surface area contributed by atoms with Crippen LogP contribution < -0.4 is 5.32 Å². The smallest absolute Gasteiger partial charge is 0.316 e. The van der Waals surface area contributed by atoms with E-state index in [2.05, 4.69) is 31.4 Å². The Morgan fingerprint density at radius 2 is 2.14 bits per heavy atom. The zero-order valence-electron chi connectivity index (χ0n) is 11.5. The van der Waals surface area contributed by atoms with Crippen LogP contribution in [0.1, 0.15) is 17.3 Å². The minimum absolute atomic E-state index is 0.167. The van der Waals surface area contributed by atoms with Crippen LogP contribution in [0.25, 0.3) is 0 Å². The second-order valence-electron chi connectivity index (χ2n) is 3.90. The fraction of sp³-hybridized carbons (Fsp3) is 0.231. The lowest BCUT2D eigenvalue weighted by Gasteiger charge is -2.02. The van der Waals surface area contributed by atoms with Gasteiger partial charge < -0.3 is 4.74 Å². The molecule has 0 spiro atoms. The van der Waals surface area contributed by atoms with Crippen molar-refractivity contribution < 1.29 is 14.3 Å². The van der Waals surface area contributed by atoms with Gasteiger partial charge in [0.25, 0.3) is 5.91 Å². The number of esters is 1. The zero-order valence-corrected chi connectivity index (χ0v) is 14.8. The van der Waals surface area contributed by atoms with Gasteiger partial charge in [-0.15, -0.1) is 10.2 Å². The number of nitrogens with zero attached hydrogens (tertiary/aromatic N) is 2. The van der Waals surface area contributed by atoms with Gasteiger partial charge in [-0.25, -0.2) is 0 Å². The molecule has 1 amide bonds. The molecule has 0 aliphatic carbocycles. The highest BCUT2D eigenvalue weighted by molar-refractivity contribution is 9.10. The van der Waals surface area contributed by atoms with Gasteiger partial charge in [0.1, 0.15) is 0 Å². The van der Waals surface area contributed by atoms with Crippen LogP contribution in [-0.4, -0.2) is 34.4 Å². The summed E-state index contributed by atoms with van der Waals surface area (Å²) in [6.45, 7) is 2.10. The third-order valence-electron chi connectivity index (χ3n) is 2.36. The van der Waals surface area contributed by atoms with E-state index >= 15 is 0 Å². The number of amides is 1. The number of carbonyl (C=O) groups is 2. The lowest BCUT2D eigenvalue weighted by atomic mass is 10.2. The number of nitrogens with one attached hydrogen (secondary N) is 1. The Balaban J connectivity index is 1.93. The molecule has 0 saturated carbocycles. The van der Waals surface area contributed by atoms with Crippen LogP contribution in [-0.2, 0) is 9.53 Å². The molecule has 1 aromatic heterocycles. The molecule has 9 heteroatoms. The van der Waals surface area contributed by atoms with Gasteiger partial charge >= 0.3 is 5.97 Å². The van der Waals surface area contributed by atoms with Crippen molar-refractivity contribution in [3.8, 4) is 0 Å². The first-order valence-electron chi connectivity index (χ1n) is 6.28. The van der Waals surface area contributed by atoms with Crippen molar-refractivity contribution in [2.24, 2.45) is 0 Å². The Labute approximate surface area is 143 Å². The normalized spacial score (nSPS) is 10.3. The summed E-state index contributed by atoms with van der Waals surface area (Å²) in [4.78, 5) is 23.4. The SMILES string of the molecule is CCOC(=O)CSc1nnc(NC(=O)c2ccccc2Br)s1. The standard InChI is InChI=1S/C13H12BrN3O3S2/c1-2-20-10(18)7-21-13-17-16-12(22-13)15-11(19)8-5-3-4-6-9(8)14/h3-6H,2,7H2,1H3,(H,15,16,19). The summed E-state index contributed by atoms with van der Waals surface area (Å²) in [5.41, 5.74) is 0.512. The van der Waals surface area contributed by atoms with Gasteiger partial charge in [-0.1, -0.05) is 35.2 Å². The van der Waals surface area contributed by atoms with Crippen molar-refractivity contribution in [1.29, 1.82) is 0 Å². The largest absolute Gasteiger partial charge is 0.465 e. The summed E-state index contributed by atoms with van der Waals surface area (Å²) in [7, 11) is 0. The van der Waals surface area contributed by atoms with Crippen LogP contribution in [0.2, 0.25) is 0 Å². The van der Waals surface area contributed by atoms with Gasteiger partial charge in [-0.3, -0.25) is 14.9 Å². The van der Waals surface area contributed by atoms with E-state index < -0.39 is 0 Å². The van der Waals surface area contributed by atoms with E-state index in [1.807, 2.05) is 6.07 Å². The number of thioether (sulfide) groups is 1. The summed E-state index contributed by atoms with van der Waals surface area (Å²) in [5.74, 6) is -0.409. The molecule has 0 saturated heterocycles. The Bertz CT molecular complexity index is 678. The van der Waals surface area contributed by atoms with Crippen molar-refractivity contribution in [3.05, 3.63) is 34.3 Å². The van der Waals surface area contributed by atoms with Crippen LogP contribution in [0.5, 0.6) is 0 Å². The van der Waals surface area contributed by atoms with Gasteiger partial charge in [0.15, 0.2) is 4.34 Å². The number of rotatable bonds is 6. The first-order valence-corrected chi connectivity index (χ1v) is 8.87. The number of hydrogen-bond acceptors (Lipinski definition) is 7. The monoisotopic (exact) mass is 401 g/mol. The molecular formula is C13H12BrN3O3S2. The third-order valence-corrected chi connectivity index (χ3v) is 5.00. The highest BCUT2D eigenvalue weighted by Gasteiger charge is 2.13. The lowest BCUT2D eigenvalue weighted by Crippen LogP contribution is -2.12. The third kappa shape index (κ3) is 4.79. The first-order chi connectivity index (χ1) is 10.6. The van der Waals surface area contributed by atoms with Crippen molar-refractivity contribution in [2.45, 2.75) is 11.3 Å². The van der Waals surface area contributed by atoms with Gasteiger partial charge in [-0.2, -0.15) is 0 Å². The molecule has 22 heavy (non-hydrogen) atoms. The van der Waals surface area contributed by atoms with Crippen molar-refractivity contribution >= 4 is 56.0 Å². The van der Waals surface area contributed by atoms with Crippen molar-refractivity contribution in [2.75, 3.05) is 17.7 Å². The van der Waals surface area contributed by atoms with E-state index in [4.69, 9.17) is 4.74 Å². The van der Waals surface area contributed by atoms with E-state index in [9.17, 15) is 9.59 Å². The second kappa shape index (κ2) is 8.25. The molecule has 0 radical (unpaired) electrons. The minimum atomic E-state index is -0.304. The summed E-state index contributed by atoms with van der Waals surface area (Å²) < 4.78 is 6.12. The highest BCUT2D eigenvalue weighted by atomic mass is 79.9. The fourth-order valence-electron chi connectivity index (χ4n) is 1.45. The molecule has 1 aromatic carbocycles. The molecule has 116 valence electrons. The quantitative estimate of drug-likeness (QED) is 0.454. The van der Waals surface area contributed by atoms with E-state index in [0.717, 1.165) is 0 Å². The summed E-state index contributed by atoms with van der Waals surface area (Å²) in [6, 6.07) is 7.10. The highest BCUT2D eigenvalue weighted by Crippen LogP contribution is 2.26. The molecule has 0 aliphatic heterocycles. The maximum atomic E-state index is 12.1. The van der Waals surface area contributed by atoms with Crippen molar-refractivity contribution in [3.63, 3.8) is 0 Å². The van der Waals surface area contributed by atoms with Gasteiger partial charge in [0, 0.05) is 4.47 Å². The number of carbonyl (C=O) groups excluding carboxylic acids is 2. The van der Waals surface area contributed by atoms with Crippen LogP contribution >= 0.6 is 39.0 Å². The number of halogens is 1. The molecule has 2 rings (SSSR count). The first kappa shape index (κ1) is 16.9. The molecule has 0 fully saturated rings. The van der Waals surface area contributed by atoms with Gasteiger partial charge in [0.05, 0.1) is 17.9 Å². The number of hydrogen-bond donors (Lipinski definition) is 1. The minimum Gasteiger partial charge on any atom is -0.465 e. The summed E-state index contributed by atoms with van der Waals surface area (Å²) in [6.07, 6.45) is 0. The Morgan fingerprint density at radius 3 is 2.86 bits per heavy atom. The Kier molecular flexibility index (Phi) is 6.34. The second-order valence-corrected chi connectivity index (χ2v) is 6.96. The molecular weight excluding hydrogens is 390 g/mol. The molecule has 0 bridgehead atoms. The molecule has 0 unspecified atom stereocenters. The molecule has 0 aliphatic rings. The van der Waals surface area contributed by atoms with Gasteiger partial charge in [-0.05, 0) is 35.0 Å². The topological polar surface area (TPSA) is 81.2 Å². The van der Waals surface area contributed by atoms with Crippen LogP contribution in [0.3, 0.4) is 0 Å². The van der Waals surface area contributed by atoms with Crippen LogP contribution in [0.15, 0.2) is 33.1 Å². The van der Waals surface area contributed by atoms with E-state index in [-0.39, 0.29) is 17.6 Å². The molecule has 1 N–H and O–H groups in total. The zero-order chi connectivity index (χ0) is 15.9. The maximum absolute atomic E-state index is 12.1. The predicted molar refractivity (Wildman–Crippen MR) is 89.4 cm³/mol. The van der Waals surface area contributed by atoms with E-state index in [1.54, 1.807) is 25.1 Å². The Hall–Kier alpha value is -1.45. The van der Waals surface area contributed by atoms with Crippen LogP contribution in [0.4, 0.5) is 5.13 Å². The van der Waals surface area contributed by atoms with Crippen molar-refractivity contribution in [1.82, 2.24) is 10.2 Å². The molecule has 1 heterocycles. The Morgan fingerprint density at radius 1 is 1.36 bits per heavy atom. The molecule has 2 aromatic rings. The lowest BCUT2D eigenvalue weighted by molar-refractivity contribution is -0.139. The van der Waals surface area contributed by atoms with Crippen LogP contribution in [0, 0.1) is 0 Å². The van der Waals surface area contributed by atoms with E-state index in [0.29, 0.717) is 26.1 Å². The number of ether oxygens (including phenoxy) is 1. The number of benzene rings is 1. The predicted octanol–water partition coefficient (Wildman–Crippen LogP) is 3.21. The average Bonchev–Trinajstić information content (AvgIpc) is 2.93. The maximum Gasteiger partial charge on any atom is 0.316 e. The average molecular weight is 402 g/mol. The number of anilines is 1. The summed E-state index contributed by atoms with van der Waals surface area (Å²) in [5, 5.41) is 10.9. The summed E-state index contributed by atoms with van der Waals surface area (Å²) >= 11 is 5.75.